The van der Waals surface area contributed by atoms with E-state index in [0.29, 0.717) is 32.5 Å². The number of hydrogen-bond donors (Lipinski definition) is 1. The van der Waals surface area contributed by atoms with Crippen molar-refractivity contribution in [2.24, 2.45) is 0 Å². The Kier molecular flexibility index (Phi) is 7.40. The second kappa shape index (κ2) is 9.06. The van der Waals surface area contributed by atoms with Gasteiger partial charge in [0.25, 0.3) is 0 Å². The summed E-state index contributed by atoms with van der Waals surface area (Å²) in [5.74, 6) is -0.389. The highest BCUT2D eigenvalue weighted by Gasteiger charge is 2.45. The molecule has 2 fully saturated rings. The van der Waals surface area contributed by atoms with Crippen molar-refractivity contribution in [3.8, 4) is 0 Å². The van der Waals surface area contributed by atoms with Crippen LogP contribution in [0.5, 0.6) is 0 Å². The minimum Gasteiger partial charge on any atom is -0.379 e. The maximum Gasteiger partial charge on any atom is 0.171 e. The monoisotopic (exact) mass is 301 g/mol. The van der Waals surface area contributed by atoms with Gasteiger partial charge in [-0.1, -0.05) is 20.3 Å². The Labute approximate surface area is 128 Å². The lowest BCUT2D eigenvalue weighted by Crippen LogP contribution is -2.52. The summed E-state index contributed by atoms with van der Waals surface area (Å²) < 4.78 is 23.3. The standard InChI is InChI=1S/C16H31NO4/c1-3-5-8-18-9-10-19-15-13-16(20-11-12-21-16)7-6-14(15)17-4-2/h14-15,17H,3-13H2,1-2H3. The predicted octanol–water partition coefficient (Wildman–Crippen LogP) is 2.09. The van der Waals surface area contributed by atoms with Crippen molar-refractivity contribution >= 4 is 0 Å². The van der Waals surface area contributed by atoms with E-state index >= 15 is 0 Å². The van der Waals surface area contributed by atoms with Crippen molar-refractivity contribution in [1.82, 2.24) is 5.32 Å². The first kappa shape index (κ1) is 17.2. The van der Waals surface area contributed by atoms with Gasteiger partial charge in [-0.2, -0.15) is 0 Å². The Balaban J connectivity index is 1.74. The van der Waals surface area contributed by atoms with Gasteiger partial charge in [0.2, 0.25) is 0 Å². The van der Waals surface area contributed by atoms with Crippen molar-refractivity contribution in [3.63, 3.8) is 0 Å². The van der Waals surface area contributed by atoms with E-state index in [1.807, 2.05) is 0 Å². The largest absolute Gasteiger partial charge is 0.379 e. The van der Waals surface area contributed by atoms with Crippen LogP contribution >= 0.6 is 0 Å². The number of unbranched alkanes of at least 4 members (excludes halogenated alkanes) is 1. The van der Waals surface area contributed by atoms with Gasteiger partial charge in [0, 0.05) is 25.5 Å². The molecule has 0 aromatic carbocycles. The molecule has 21 heavy (non-hydrogen) atoms. The highest BCUT2D eigenvalue weighted by molar-refractivity contribution is 4.92. The molecule has 124 valence electrons. The van der Waals surface area contributed by atoms with Gasteiger partial charge in [-0.05, 0) is 19.4 Å². The summed E-state index contributed by atoms with van der Waals surface area (Å²) >= 11 is 0. The van der Waals surface area contributed by atoms with Gasteiger partial charge in [-0.3, -0.25) is 0 Å². The molecule has 0 bridgehead atoms. The van der Waals surface area contributed by atoms with E-state index in [2.05, 4.69) is 19.2 Å². The fourth-order valence-electron chi connectivity index (χ4n) is 3.15. The van der Waals surface area contributed by atoms with Crippen LogP contribution in [0.3, 0.4) is 0 Å². The Morgan fingerprint density at radius 2 is 1.95 bits per heavy atom. The van der Waals surface area contributed by atoms with Crippen molar-refractivity contribution in [2.45, 2.75) is 63.9 Å². The smallest absolute Gasteiger partial charge is 0.171 e. The highest BCUT2D eigenvalue weighted by atomic mass is 16.7. The zero-order valence-corrected chi connectivity index (χ0v) is 13.6. The predicted molar refractivity (Wildman–Crippen MR) is 81.4 cm³/mol. The first-order valence-electron chi connectivity index (χ1n) is 8.50. The van der Waals surface area contributed by atoms with Crippen LogP contribution in [-0.4, -0.2) is 57.5 Å². The normalized spacial score (nSPS) is 28.3. The van der Waals surface area contributed by atoms with Gasteiger partial charge >= 0.3 is 0 Å². The number of likely N-dealkylation sites (N-methyl/N-ethyl adjacent to an activating group) is 1. The van der Waals surface area contributed by atoms with Crippen LogP contribution in [0, 0.1) is 0 Å². The second-order valence-corrected chi connectivity index (χ2v) is 5.89. The minimum absolute atomic E-state index is 0.145. The summed E-state index contributed by atoms with van der Waals surface area (Å²) in [6.07, 6.45) is 5.25. The van der Waals surface area contributed by atoms with Gasteiger partial charge in [-0.15, -0.1) is 0 Å². The van der Waals surface area contributed by atoms with Crippen molar-refractivity contribution in [3.05, 3.63) is 0 Å². The summed E-state index contributed by atoms with van der Waals surface area (Å²) in [7, 11) is 0. The summed E-state index contributed by atoms with van der Waals surface area (Å²) in [5.41, 5.74) is 0. The third-order valence-electron chi connectivity index (χ3n) is 4.28. The molecule has 2 atom stereocenters. The average Bonchev–Trinajstić information content (AvgIpc) is 2.94. The van der Waals surface area contributed by atoms with Crippen molar-refractivity contribution < 1.29 is 18.9 Å². The van der Waals surface area contributed by atoms with E-state index in [0.717, 1.165) is 38.8 Å². The molecule has 1 saturated carbocycles. The molecule has 1 aliphatic heterocycles. The Hall–Kier alpha value is -0.200. The molecular formula is C16H31NO4. The maximum atomic E-state index is 6.07. The third kappa shape index (κ3) is 5.18. The minimum atomic E-state index is -0.389. The zero-order chi connectivity index (χ0) is 15.0. The lowest BCUT2D eigenvalue weighted by Gasteiger charge is -2.41. The molecule has 1 aliphatic carbocycles. The first-order chi connectivity index (χ1) is 10.3. The first-order valence-corrected chi connectivity index (χ1v) is 8.50. The van der Waals surface area contributed by atoms with Crippen LogP contribution in [0.2, 0.25) is 0 Å². The summed E-state index contributed by atoms with van der Waals surface area (Å²) in [6, 6.07) is 0.393. The second-order valence-electron chi connectivity index (χ2n) is 5.89. The van der Waals surface area contributed by atoms with Gasteiger partial charge in [-0.25, -0.2) is 0 Å². The molecule has 5 nitrogen and oxygen atoms in total. The summed E-state index contributed by atoms with van der Waals surface area (Å²) in [4.78, 5) is 0. The van der Waals surface area contributed by atoms with E-state index < -0.39 is 0 Å². The number of ether oxygens (including phenoxy) is 4. The molecule has 1 N–H and O–H groups in total. The fourth-order valence-corrected chi connectivity index (χ4v) is 3.15. The number of nitrogens with one attached hydrogen (secondary N) is 1. The van der Waals surface area contributed by atoms with Crippen LogP contribution in [0.15, 0.2) is 0 Å². The van der Waals surface area contributed by atoms with E-state index in [1.165, 1.54) is 6.42 Å². The molecule has 1 spiro atoms. The molecule has 1 heterocycles. The van der Waals surface area contributed by atoms with E-state index in [1.54, 1.807) is 0 Å². The molecule has 0 aromatic rings. The Morgan fingerprint density at radius 3 is 2.67 bits per heavy atom. The van der Waals surface area contributed by atoms with Crippen LogP contribution < -0.4 is 5.32 Å². The molecule has 0 amide bonds. The molecule has 2 aliphatic rings. The summed E-state index contributed by atoms with van der Waals surface area (Å²) in [6.45, 7) is 8.83. The maximum absolute atomic E-state index is 6.07. The van der Waals surface area contributed by atoms with Crippen LogP contribution in [0.1, 0.15) is 46.0 Å². The van der Waals surface area contributed by atoms with E-state index in [-0.39, 0.29) is 11.9 Å². The van der Waals surface area contributed by atoms with Crippen LogP contribution in [-0.2, 0) is 18.9 Å². The lowest BCUT2D eigenvalue weighted by atomic mass is 9.87. The molecule has 0 aromatic heterocycles. The molecule has 0 radical (unpaired) electrons. The van der Waals surface area contributed by atoms with Crippen LogP contribution in [0.4, 0.5) is 0 Å². The van der Waals surface area contributed by atoms with E-state index in [4.69, 9.17) is 18.9 Å². The van der Waals surface area contributed by atoms with Gasteiger partial charge in [0.05, 0.1) is 32.5 Å². The molecule has 2 unspecified atom stereocenters. The molecular weight excluding hydrogens is 270 g/mol. The van der Waals surface area contributed by atoms with Gasteiger partial charge in [0.15, 0.2) is 5.79 Å². The Bertz CT molecular complexity index is 281. The summed E-state index contributed by atoms with van der Waals surface area (Å²) in [5, 5.41) is 3.53. The van der Waals surface area contributed by atoms with Crippen LogP contribution in [0.25, 0.3) is 0 Å². The zero-order valence-electron chi connectivity index (χ0n) is 13.6. The SMILES string of the molecule is CCCCOCCOC1CC2(CCC1NCC)OCCO2. The molecule has 1 saturated heterocycles. The van der Waals surface area contributed by atoms with E-state index in [9.17, 15) is 0 Å². The molecule has 5 heteroatoms. The quantitative estimate of drug-likeness (QED) is 0.661. The highest BCUT2D eigenvalue weighted by Crippen LogP contribution is 2.37. The topological polar surface area (TPSA) is 49.0 Å². The van der Waals surface area contributed by atoms with Gasteiger partial charge < -0.3 is 24.3 Å². The van der Waals surface area contributed by atoms with Crippen molar-refractivity contribution in [2.75, 3.05) is 39.6 Å². The average molecular weight is 301 g/mol. The fraction of sp³-hybridized carbons (Fsp3) is 1.00. The molecule has 2 rings (SSSR count). The van der Waals surface area contributed by atoms with Crippen molar-refractivity contribution in [1.29, 1.82) is 0 Å². The number of hydrogen-bond acceptors (Lipinski definition) is 5. The Morgan fingerprint density at radius 1 is 1.14 bits per heavy atom. The number of rotatable bonds is 9. The van der Waals surface area contributed by atoms with Gasteiger partial charge in [0.1, 0.15) is 0 Å². The third-order valence-corrected chi connectivity index (χ3v) is 4.28. The lowest BCUT2D eigenvalue weighted by molar-refractivity contribution is -0.208.